The van der Waals surface area contributed by atoms with Crippen molar-refractivity contribution in [1.29, 1.82) is 0 Å². The number of amides is 1. The molecule has 1 amide bonds. The van der Waals surface area contributed by atoms with Gasteiger partial charge in [0.05, 0.1) is 4.92 Å². The summed E-state index contributed by atoms with van der Waals surface area (Å²) in [7, 11) is 0. The number of non-ortho nitro benzene ring substituents is 1. The predicted molar refractivity (Wildman–Crippen MR) is 89.8 cm³/mol. The van der Waals surface area contributed by atoms with Crippen LogP contribution in [-0.2, 0) is 14.3 Å². The Morgan fingerprint density at radius 2 is 2.08 bits per heavy atom. The van der Waals surface area contributed by atoms with Crippen LogP contribution in [0, 0.1) is 17.0 Å². The molecule has 0 fully saturated rings. The number of nitro groups is 1. The molecule has 1 N–H and O–H groups in total. The Hall–Kier alpha value is -3.42. The van der Waals surface area contributed by atoms with Crippen LogP contribution >= 0.6 is 0 Å². The van der Waals surface area contributed by atoms with Gasteiger partial charge in [0.25, 0.3) is 11.6 Å². The van der Waals surface area contributed by atoms with Gasteiger partial charge in [-0.25, -0.2) is 4.79 Å². The van der Waals surface area contributed by atoms with Crippen LogP contribution < -0.4 is 5.32 Å². The molecule has 0 spiro atoms. The van der Waals surface area contributed by atoms with E-state index in [1.54, 1.807) is 19.1 Å². The van der Waals surface area contributed by atoms with Gasteiger partial charge in [0, 0.05) is 23.9 Å². The van der Waals surface area contributed by atoms with Gasteiger partial charge in [0.15, 0.2) is 6.10 Å². The fourth-order valence-electron chi connectivity index (χ4n) is 1.90. The molecule has 2 rings (SSSR count). The van der Waals surface area contributed by atoms with Gasteiger partial charge < -0.3 is 14.5 Å². The van der Waals surface area contributed by atoms with E-state index in [2.05, 4.69) is 5.32 Å². The number of aryl methyl sites for hydroxylation is 1. The third-order valence-electron chi connectivity index (χ3n) is 3.13. The third-order valence-corrected chi connectivity index (χ3v) is 3.13. The molecule has 130 valence electrons. The molecule has 0 aliphatic heterocycles. The Balaban J connectivity index is 1.91. The van der Waals surface area contributed by atoms with Crippen LogP contribution in [-0.4, -0.2) is 22.9 Å². The molecule has 0 saturated carbocycles. The summed E-state index contributed by atoms with van der Waals surface area (Å²) in [5.74, 6) is -0.118. The van der Waals surface area contributed by atoms with Crippen molar-refractivity contribution in [3.8, 4) is 0 Å². The van der Waals surface area contributed by atoms with Crippen molar-refractivity contribution in [2.75, 3.05) is 5.32 Å². The first-order valence-electron chi connectivity index (χ1n) is 7.35. The maximum atomic E-state index is 12.0. The van der Waals surface area contributed by atoms with E-state index >= 15 is 0 Å². The maximum Gasteiger partial charge on any atom is 0.331 e. The van der Waals surface area contributed by atoms with Gasteiger partial charge in [-0.1, -0.05) is 6.07 Å². The molecule has 0 bridgehead atoms. The Morgan fingerprint density at radius 3 is 2.72 bits per heavy atom. The largest absolute Gasteiger partial charge is 0.462 e. The van der Waals surface area contributed by atoms with Crippen LogP contribution in [0.1, 0.15) is 18.4 Å². The van der Waals surface area contributed by atoms with Crippen LogP contribution in [0.2, 0.25) is 0 Å². The second-order valence-corrected chi connectivity index (χ2v) is 5.16. The number of esters is 1. The van der Waals surface area contributed by atoms with Crippen LogP contribution in [0.15, 0.2) is 46.9 Å². The number of nitrogens with zero attached hydrogens (tertiary/aromatic N) is 1. The summed E-state index contributed by atoms with van der Waals surface area (Å²) in [6, 6.07) is 8.90. The second kappa shape index (κ2) is 7.91. The first-order chi connectivity index (χ1) is 11.8. The average Bonchev–Trinajstić information content (AvgIpc) is 2.98. The van der Waals surface area contributed by atoms with Gasteiger partial charge >= 0.3 is 5.97 Å². The van der Waals surface area contributed by atoms with Crippen molar-refractivity contribution < 1.29 is 23.7 Å². The molecule has 1 aromatic carbocycles. The zero-order valence-corrected chi connectivity index (χ0v) is 13.6. The molecular formula is C17H16N2O6. The molecule has 1 aromatic heterocycles. The Bertz CT molecular complexity index is 824. The van der Waals surface area contributed by atoms with E-state index in [-0.39, 0.29) is 11.4 Å². The highest BCUT2D eigenvalue weighted by molar-refractivity contribution is 5.96. The highest BCUT2D eigenvalue weighted by atomic mass is 16.6. The maximum absolute atomic E-state index is 12.0. The molecule has 0 aliphatic rings. The highest BCUT2D eigenvalue weighted by Gasteiger charge is 2.17. The molecular weight excluding hydrogens is 328 g/mol. The summed E-state index contributed by atoms with van der Waals surface area (Å²) in [6.07, 6.45) is 1.50. The van der Waals surface area contributed by atoms with E-state index in [1.807, 2.05) is 0 Å². The highest BCUT2D eigenvalue weighted by Crippen LogP contribution is 2.17. The Morgan fingerprint density at radius 1 is 1.32 bits per heavy atom. The third kappa shape index (κ3) is 5.31. The lowest BCUT2D eigenvalue weighted by Crippen LogP contribution is -2.29. The number of rotatable bonds is 6. The number of furan rings is 1. The fourth-order valence-corrected chi connectivity index (χ4v) is 1.90. The molecule has 2 aromatic rings. The van der Waals surface area contributed by atoms with Gasteiger partial charge in [-0.05, 0) is 38.1 Å². The molecule has 1 unspecified atom stereocenters. The lowest BCUT2D eigenvalue weighted by molar-refractivity contribution is -0.384. The van der Waals surface area contributed by atoms with Crippen LogP contribution in [0.3, 0.4) is 0 Å². The first kappa shape index (κ1) is 17.9. The van der Waals surface area contributed by atoms with Crippen molar-refractivity contribution in [2.24, 2.45) is 0 Å². The second-order valence-electron chi connectivity index (χ2n) is 5.16. The van der Waals surface area contributed by atoms with E-state index in [9.17, 15) is 19.7 Å². The number of ether oxygens (including phenoxy) is 1. The molecule has 0 saturated heterocycles. The van der Waals surface area contributed by atoms with E-state index < -0.39 is 22.9 Å². The molecule has 8 nitrogen and oxygen atoms in total. The van der Waals surface area contributed by atoms with Gasteiger partial charge in [-0.15, -0.1) is 0 Å². The number of carbonyl (C=O) groups is 2. The zero-order chi connectivity index (χ0) is 18.4. The van der Waals surface area contributed by atoms with Crippen LogP contribution in [0.4, 0.5) is 11.4 Å². The van der Waals surface area contributed by atoms with Crippen molar-refractivity contribution >= 4 is 29.3 Å². The molecule has 0 aliphatic carbocycles. The lowest BCUT2D eigenvalue weighted by Gasteiger charge is -2.12. The van der Waals surface area contributed by atoms with E-state index in [0.717, 1.165) is 6.08 Å². The minimum atomic E-state index is -1.07. The Labute approximate surface area is 143 Å². The summed E-state index contributed by atoms with van der Waals surface area (Å²) in [4.78, 5) is 33.9. The predicted octanol–water partition coefficient (Wildman–Crippen LogP) is 3.08. The quantitative estimate of drug-likeness (QED) is 0.373. The summed E-state index contributed by atoms with van der Waals surface area (Å²) < 4.78 is 10.2. The van der Waals surface area contributed by atoms with Gasteiger partial charge in [0.2, 0.25) is 0 Å². The average molecular weight is 344 g/mol. The van der Waals surface area contributed by atoms with Crippen molar-refractivity contribution in [3.63, 3.8) is 0 Å². The van der Waals surface area contributed by atoms with Crippen molar-refractivity contribution in [2.45, 2.75) is 20.0 Å². The van der Waals surface area contributed by atoms with Crippen LogP contribution in [0.25, 0.3) is 6.08 Å². The summed E-state index contributed by atoms with van der Waals surface area (Å²) >= 11 is 0. The normalized spacial score (nSPS) is 11.9. The minimum Gasteiger partial charge on any atom is -0.462 e. The van der Waals surface area contributed by atoms with E-state index in [0.29, 0.717) is 11.5 Å². The van der Waals surface area contributed by atoms with Gasteiger partial charge in [0.1, 0.15) is 11.5 Å². The number of carbonyl (C=O) groups excluding carboxylic acids is 2. The van der Waals surface area contributed by atoms with Crippen molar-refractivity contribution in [1.82, 2.24) is 0 Å². The van der Waals surface area contributed by atoms with E-state index in [1.165, 1.54) is 37.3 Å². The minimum absolute atomic E-state index is 0.154. The molecule has 1 heterocycles. The van der Waals surface area contributed by atoms with Crippen LogP contribution in [0.5, 0.6) is 0 Å². The first-order valence-corrected chi connectivity index (χ1v) is 7.35. The molecule has 1 atom stereocenters. The molecule has 0 radical (unpaired) electrons. The summed E-state index contributed by atoms with van der Waals surface area (Å²) in [5, 5.41) is 13.2. The van der Waals surface area contributed by atoms with Crippen molar-refractivity contribution in [3.05, 3.63) is 64.1 Å². The molecule has 25 heavy (non-hydrogen) atoms. The zero-order valence-electron chi connectivity index (χ0n) is 13.6. The summed E-state index contributed by atoms with van der Waals surface area (Å²) in [6.45, 7) is 3.17. The summed E-state index contributed by atoms with van der Waals surface area (Å²) in [5.41, 5.74) is 0.0859. The fraction of sp³-hybridized carbons (Fsp3) is 0.176. The standard InChI is InChI=1S/C17H16N2O6/c1-11-6-7-15(24-11)8-9-16(20)25-12(2)17(21)18-13-4-3-5-14(10-13)19(22)23/h3-10,12H,1-2H3,(H,18,21). The number of benzene rings is 1. The van der Waals surface area contributed by atoms with Gasteiger partial charge in [-0.2, -0.15) is 0 Å². The van der Waals surface area contributed by atoms with E-state index in [4.69, 9.17) is 9.15 Å². The van der Waals surface area contributed by atoms with Gasteiger partial charge in [-0.3, -0.25) is 14.9 Å². The smallest absolute Gasteiger partial charge is 0.331 e. The molecule has 8 heteroatoms. The number of hydrogen-bond acceptors (Lipinski definition) is 6. The topological polar surface area (TPSA) is 112 Å². The number of hydrogen-bond donors (Lipinski definition) is 1. The lowest BCUT2D eigenvalue weighted by atomic mass is 10.2. The number of nitrogens with one attached hydrogen (secondary N) is 1. The monoisotopic (exact) mass is 344 g/mol. The SMILES string of the molecule is Cc1ccc(C=CC(=O)OC(C)C(=O)Nc2cccc([N+](=O)[O-])c2)o1. The Kier molecular flexibility index (Phi) is 5.67. The number of anilines is 1. The number of nitro benzene ring substituents is 1.